The monoisotopic (exact) mass is 373 g/mol. The highest BCUT2D eigenvalue weighted by atomic mass is 16.3. The first-order chi connectivity index (χ1) is 13.7. The number of hydrogen-bond acceptors (Lipinski definition) is 7. The van der Waals surface area contributed by atoms with Crippen molar-refractivity contribution in [1.82, 2.24) is 20.2 Å². The summed E-state index contributed by atoms with van der Waals surface area (Å²) >= 11 is 0. The van der Waals surface area contributed by atoms with Gasteiger partial charge in [-0.05, 0) is 38.0 Å². The number of aromatic amines is 1. The van der Waals surface area contributed by atoms with Crippen LogP contribution in [0.3, 0.4) is 0 Å². The van der Waals surface area contributed by atoms with Gasteiger partial charge in [0.25, 0.3) is 0 Å². The molecular weight excluding hydrogens is 354 g/mol. The molecule has 3 aromatic heterocycles. The van der Waals surface area contributed by atoms with Gasteiger partial charge in [-0.15, -0.1) is 0 Å². The van der Waals surface area contributed by atoms with E-state index < -0.39 is 0 Å². The molecular formula is C20H19N7O. The molecule has 0 bridgehead atoms. The molecule has 0 amide bonds. The van der Waals surface area contributed by atoms with Gasteiger partial charge in [-0.25, -0.2) is 4.98 Å². The maximum atomic E-state index is 9.14. The highest BCUT2D eigenvalue weighted by molar-refractivity contribution is 5.87. The molecule has 1 fully saturated rings. The lowest BCUT2D eigenvalue weighted by Gasteiger charge is -2.30. The molecule has 0 radical (unpaired) electrons. The van der Waals surface area contributed by atoms with Gasteiger partial charge in [0.2, 0.25) is 5.95 Å². The van der Waals surface area contributed by atoms with E-state index in [0.717, 1.165) is 59.5 Å². The lowest BCUT2D eigenvalue weighted by atomic mass is 9.99. The number of nitrogens with zero attached hydrogens (tertiary/aromatic N) is 5. The molecule has 1 aliphatic rings. The minimum Gasteiger partial charge on any atom is -0.459 e. The van der Waals surface area contributed by atoms with Crippen LogP contribution < -0.4 is 10.2 Å². The van der Waals surface area contributed by atoms with Gasteiger partial charge in [-0.1, -0.05) is 0 Å². The SMILES string of the molecule is Cc1n[nH]c2cc(Nc3nc(N4CCC(C#N)CC4)c4occc4n3)ccc12. The highest BCUT2D eigenvalue weighted by Crippen LogP contribution is 2.30. The molecule has 28 heavy (non-hydrogen) atoms. The van der Waals surface area contributed by atoms with E-state index in [1.807, 2.05) is 31.2 Å². The predicted molar refractivity (Wildman–Crippen MR) is 106 cm³/mol. The summed E-state index contributed by atoms with van der Waals surface area (Å²) in [7, 11) is 0. The van der Waals surface area contributed by atoms with Crippen molar-refractivity contribution in [3.63, 3.8) is 0 Å². The second-order valence-corrected chi connectivity index (χ2v) is 7.09. The van der Waals surface area contributed by atoms with Crippen LogP contribution in [0.15, 0.2) is 34.9 Å². The number of anilines is 3. The number of benzene rings is 1. The number of piperidine rings is 1. The number of nitrogens with one attached hydrogen (secondary N) is 2. The zero-order chi connectivity index (χ0) is 19.1. The van der Waals surface area contributed by atoms with Gasteiger partial charge in [0.05, 0.1) is 23.5 Å². The molecule has 2 N–H and O–H groups in total. The van der Waals surface area contributed by atoms with E-state index >= 15 is 0 Å². The smallest absolute Gasteiger partial charge is 0.229 e. The van der Waals surface area contributed by atoms with Gasteiger partial charge in [0.15, 0.2) is 11.4 Å². The van der Waals surface area contributed by atoms with Crippen LogP contribution in [0.1, 0.15) is 18.5 Å². The molecule has 8 nitrogen and oxygen atoms in total. The van der Waals surface area contributed by atoms with Crippen molar-refractivity contribution < 1.29 is 4.42 Å². The Morgan fingerprint density at radius 2 is 2.11 bits per heavy atom. The number of aromatic nitrogens is 4. The Morgan fingerprint density at radius 1 is 1.25 bits per heavy atom. The van der Waals surface area contributed by atoms with Crippen molar-refractivity contribution in [2.75, 3.05) is 23.3 Å². The first kappa shape index (κ1) is 16.6. The summed E-state index contributed by atoms with van der Waals surface area (Å²) < 4.78 is 5.65. The highest BCUT2D eigenvalue weighted by Gasteiger charge is 2.23. The van der Waals surface area contributed by atoms with Crippen molar-refractivity contribution >= 4 is 39.5 Å². The van der Waals surface area contributed by atoms with E-state index in [2.05, 4.69) is 31.5 Å². The third-order valence-corrected chi connectivity index (χ3v) is 5.27. The summed E-state index contributed by atoms with van der Waals surface area (Å²) in [5, 5.41) is 20.8. The van der Waals surface area contributed by atoms with Gasteiger partial charge in [0.1, 0.15) is 5.52 Å². The van der Waals surface area contributed by atoms with E-state index in [1.54, 1.807) is 6.26 Å². The standard InChI is InChI=1S/C20H19N7O/c1-12-15-3-2-14(10-17(15)26-25-12)22-20-23-16-6-9-28-18(16)19(24-20)27-7-4-13(11-21)5-8-27/h2-3,6,9-10,13H,4-5,7-8H2,1H3,(H,25,26)(H,22,23,24). The fourth-order valence-electron chi connectivity index (χ4n) is 3.70. The van der Waals surface area contributed by atoms with Crippen molar-refractivity contribution in [2.45, 2.75) is 19.8 Å². The first-order valence-electron chi connectivity index (χ1n) is 9.33. The van der Waals surface area contributed by atoms with Gasteiger partial charge in [-0.2, -0.15) is 15.3 Å². The summed E-state index contributed by atoms with van der Waals surface area (Å²) in [6, 6.07) is 10.2. The van der Waals surface area contributed by atoms with Crippen molar-refractivity contribution in [1.29, 1.82) is 5.26 Å². The van der Waals surface area contributed by atoms with Gasteiger partial charge in [0, 0.05) is 36.1 Å². The van der Waals surface area contributed by atoms with Crippen LogP contribution in [0.4, 0.5) is 17.5 Å². The summed E-state index contributed by atoms with van der Waals surface area (Å²) in [5.74, 6) is 1.40. The molecule has 1 aromatic carbocycles. The number of furan rings is 1. The van der Waals surface area contributed by atoms with Crippen LogP contribution in [0, 0.1) is 24.2 Å². The van der Waals surface area contributed by atoms with Crippen LogP contribution in [-0.2, 0) is 0 Å². The molecule has 8 heteroatoms. The molecule has 0 spiro atoms. The van der Waals surface area contributed by atoms with E-state index in [-0.39, 0.29) is 5.92 Å². The van der Waals surface area contributed by atoms with Crippen molar-refractivity contribution in [3.8, 4) is 6.07 Å². The normalized spacial score (nSPS) is 15.2. The van der Waals surface area contributed by atoms with Crippen LogP contribution in [0.2, 0.25) is 0 Å². The second kappa shape index (κ2) is 6.53. The first-order valence-corrected chi connectivity index (χ1v) is 9.33. The number of H-pyrrole nitrogens is 1. The molecule has 0 atom stereocenters. The number of nitriles is 1. The summed E-state index contributed by atoms with van der Waals surface area (Å²) in [4.78, 5) is 11.5. The summed E-state index contributed by atoms with van der Waals surface area (Å²) in [5.41, 5.74) is 4.26. The average Bonchev–Trinajstić information content (AvgIpc) is 3.34. The number of hydrogen-bond donors (Lipinski definition) is 2. The molecule has 140 valence electrons. The molecule has 4 heterocycles. The third kappa shape index (κ3) is 2.81. The van der Waals surface area contributed by atoms with Crippen molar-refractivity contribution in [2.24, 2.45) is 5.92 Å². The Balaban J connectivity index is 1.48. The maximum absolute atomic E-state index is 9.14. The molecule has 0 saturated carbocycles. The maximum Gasteiger partial charge on any atom is 0.229 e. The second-order valence-electron chi connectivity index (χ2n) is 7.09. The Morgan fingerprint density at radius 3 is 2.93 bits per heavy atom. The number of fused-ring (bicyclic) bond motifs is 2. The fourth-order valence-corrected chi connectivity index (χ4v) is 3.70. The van der Waals surface area contributed by atoms with Gasteiger partial charge < -0.3 is 14.6 Å². The minimum absolute atomic E-state index is 0.118. The van der Waals surface area contributed by atoms with Crippen LogP contribution >= 0.6 is 0 Å². The average molecular weight is 373 g/mol. The topological polar surface area (TPSA) is 107 Å². The molecule has 1 aliphatic heterocycles. The lowest BCUT2D eigenvalue weighted by Crippen LogP contribution is -2.34. The Hall–Kier alpha value is -3.60. The fraction of sp³-hybridized carbons (Fsp3) is 0.300. The van der Waals surface area contributed by atoms with E-state index in [9.17, 15) is 0 Å². The zero-order valence-electron chi connectivity index (χ0n) is 15.4. The van der Waals surface area contributed by atoms with E-state index in [0.29, 0.717) is 11.5 Å². The van der Waals surface area contributed by atoms with Crippen LogP contribution in [0.25, 0.3) is 22.0 Å². The van der Waals surface area contributed by atoms with E-state index in [1.165, 1.54) is 0 Å². The van der Waals surface area contributed by atoms with Crippen LogP contribution in [-0.4, -0.2) is 33.3 Å². The van der Waals surface area contributed by atoms with Gasteiger partial charge in [-0.3, -0.25) is 5.10 Å². The largest absolute Gasteiger partial charge is 0.459 e. The molecule has 5 rings (SSSR count). The molecule has 1 saturated heterocycles. The van der Waals surface area contributed by atoms with Crippen molar-refractivity contribution in [3.05, 3.63) is 36.2 Å². The predicted octanol–water partition coefficient (Wildman–Crippen LogP) is 3.89. The third-order valence-electron chi connectivity index (χ3n) is 5.27. The minimum atomic E-state index is 0.118. The summed E-state index contributed by atoms with van der Waals surface area (Å²) in [6.45, 7) is 3.54. The number of aryl methyl sites for hydroxylation is 1. The van der Waals surface area contributed by atoms with Gasteiger partial charge >= 0.3 is 0 Å². The molecule has 0 aliphatic carbocycles. The van der Waals surface area contributed by atoms with Crippen LogP contribution in [0.5, 0.6) is 0 Å². The Kier molecular flexibility index (Phi) is 3.86. The molecule has 4 aromatic rings. The zero-order valence-corrected chi connectivity index (χ0v) is 15.4. The quantitative estimate of drug-likeness (QED) is 0.561. The lowest BCUT2D eigenvalue weighted by molar-refractivity contribution is 0.483. The molecule has 0 unspecified atom stereocenters. The Labute approximate surface area is 161 Å². The Bertz CT molecular complexity index is 1190. The van der Waals surface area contributed by atoms with E-state index in [4.69, 9.17) is 14.7 Å². The summed E-state index contributed by atoms with van der Waals surface area (Å²) in [6.07, 6.45) is 3.30. The number of rotatable bonds is 3.